The van der Waals surface area contributed by atoms with Gasteiger partial charge in [0.15, 0.2) is 0 Å². The van der Waals surface area contributed by atoms with Crippen LogP contribution in [0, 0.1) is 0 Å². The first kappa shape index (κ1) is 15.2. The van der Waals surface area contributed by atoms with E-state index in [1.165, 1.54) is 12.0 Å². The fourth-order valence-corrected chi connectivity index (χ4v) is 2.41. The number of carbonyl (C=O) groups excluding carboxylic acids is 1. The van der Waals surface area contributed by atoms with Crippen LogP contribution in [0.3, 0.4) is 0 Å². The van der Waals surface area contributed by atoms with Crippen LogP contribution in [0.25, 0.3) is 10.4 Å². The standard InChI is InChI=1S/C14H18N4O3/c1-20-13-12(16-17-15)8-5-9-18(13)14(19)21-10-11-6-3-2-4-7-11/h2-4,6-7,12-13H,5,8-10H2,1H3. The van der Waals surface area contributed by atoms with Crippen molar-refractivity contribution in [2.24, 2.45) is 5.11 Å². The van der Waals surface area contributed by atoms with Crippen molar-refractivity contribution in [1.82, 2.24) is 4.90 Å². The van der Waals surface area contributed by atoms with Crippen molar-refractivity contribution in [1.29, 1.82) is 0 Å². The van der Waals surface area contributed by atoms with Crippen LogP contribution in [0.4, 0.5) is 4.79 Å². The Morgan fingerprint density at radius 2 is 2.24 bits per heavy atom. The third-order valence-electron chi connectivity index (χ3n) is 3.42. The zero-order valence-electron chi connectivity index (χ0n) is 11.9. The highest BCUT2D eigenvalue weighted by atomic mass is 16.6. The number of benzene rings is 1. The lowest BCUT2D eigenvalue weighted by molar-refractivity contribution is -0.0612. The van der Waals surface area contributed by atoms with E-state index in [9.17, 15) is 4.79 Å². The van der Waals surface area contributed by atoms with Gasteiger partial charge in [-0.25, -0.2) is 4.79 Å². The molecule has 1 saturated heterocycles. The van der Waals surface area contributed by atoms with Gasteiger partial charge in [-0.3, -0.25) is 4.90 Å². The van der Waals surface area contributed by atoms with Crippen molar-refractivity contribution in [3.63, 3.8) is 0 Å². The molecule has 0 aliphatic carbocycles. The molecule has 0 radical (unpaired) electrons. The molecule has 0 saturated carbocycles. The van der Waals surface area contributed by atoms with Crippen LogP contribution < -0.4 is 0 Å². The maximum absolute atomic E-state index is 12.2. The Morgan fingerprint density at radius 3 is 2.90 bits per heavy atom. The molecule has 2 atom stereocenters. The SMILES string of the molecule is COC1C(N=[N+]=[N-])CCCN1C(=O)OCc1ccccc1. The lowest BCUT2D eigenvalue weighted by Gasteiger charge is -2.37. The summed E-state index contributed by atoms with van der Waals surface area (Å²) in [5.41, 5.74) is 9.50. The van der Waals surface area contributed by atoms with Gasteiger partial charge in [-0.15, -0.1) is 0 Å². The van der Waals surface area contributed by atoms with Crippen molar-refractivity contribution in [3.8, 4) is 0 Å². The quantitative estimate of drug-likeness (QED) is 0.485. The van der Waals surface area contributed by atoms with E-state index >= 15 is 0 Å². The predicted octanol–water partition coefficient (Wildman–Crippen LogP) is 3.07. The first-order valence-corrected chi connectivity index (χ1v) is 6.80. The van der Waals surface area contributed by atoms with Crippen LogP contribution in [0.5, 0.6) is 0 Å². The minimum absolute atomic E-state index is 0.207. The lowest BCUT2D eigenvalue weighted by Crippen LogP contribution is -2.51. The minimum atomic E-state index is -0.571. The Kier molecular flexibility index (Phi) is 5.43. The molecule has 1 aliphatic heterocycles. The largest absolute Gasteiger partial charge is 0.444 e. The van der Waals surface area contributed by atoms with E-state index in [0.717, 1.165) is 12.0 Å². The summed E-state index contributed by atoms with van der Waals surface area (Å²) in [5, 5.41) is 3.69. The number of rotatable bonds is 4. The molecule has 7 nitrogen and oxygen atoms in total. The molecule has 0 aromatic heterocycles. The van der Waals surface area contributed by atoms with Crippen molar-refractivity contribution in [2.45, 2.75) is 31.7 Å². The molecule has 1 heterocycles. The number of amides is 1. The zero-order valence-corrected chi connectivity index (χ0v) is 11.9. The number of carbonyl (C=O) groups is 1. The molecule has 0 N–H and O–H groups in total. The van der Waals surface area contributed by atoms with Gasteiger partial charge in [0.05, 0.1) is 6.04 Å². The van der Waals surface area contributed by atoms with Crippen molar-refractivity contribution >= 4 is 6.09 Å². The first-order chi connectivity index (χ1) is 10.3. The molecule has 0 spiro atoms. The Balaban J connectivity index is 1.98. The summed E-state index contributed by atoms with van der Waals surface area (Å²) in [6.07, 6.45) is 0.427. The average molecular weight is 290 g/mol. The van der Waals surface area contributed by atoms with Crippen LogP contribution in [0.15, 0.2) is 35.4 Å². The maximum Gasteiger partial charge on any atom is 0.412 e. The topological polar surface area (TPSA) is 87.5 Å². The van der Waals surface area contributed by atoms with E-state index < -0.39 is 12.3 Å². The van der Waals surface area contributed by atoms with Gasteiger partial charge >= 0.3 is 6.09 Å². The van der Waals surface area contributed by atoms with Crippen molar-refractivity contribution in [3.05, 3.63) is 46.3 Å². The van der Waals surface area contributed by atoms with E-state index in [1.807, 2.05) is 30.3 Å². The van der Waals surface area contributed by atoms with Gasteiger partial charge in [0.1, 0.15) is 12.8 Å². The molecule has 2 unspecified atom stereocenters. The fourth-order valence-electron chi connectivity index (χ4n) is 2.41. The Bertz CT molecular complexity index is 516. The number of piperidine rings is 1. The zero-order chi connectivity index (χ0) is 15.1. The number of ether oxygens (including phenoxy) is 2. The van der Waals surface area contributed by atoms with E-state index in [0.29, 0.717) is 13.0 Å². The van der Waals surface area contributed by atoms with Crippen molar-refractivity contribution < 1.29 is 14.3 Å². The highest BCUT2D eigenvalue weighted by Gasteiger charge is 2.34. The summed E-state index contributed by atoms with van der Waals surface area (Å²) >= 11 is 0. The summed E-state index contributed by atoms with van der Waals surface area (Å²) in [4.78, 5) is 16.5. The molecule has 1 aromatic carbocycles. The van der Waals surface area contributed by atoms with Crippen LogP contribution in [-0.4, -0.2) is 36.9 Å². The number of methoxy groups -OCH3 is 1. The number of azide groups is 1. The second-order valence-corrected chi connectivity index (χ2v) is 4.77. The number of likely N-dealkylation sites (tertiary alicyclic amines) is 1. The molecular formula is C14H18N4O3. The highest BCUT2D eigenvalue weighted by molar-refractivity contribution is 5.68. The summed E-state index contributed by atoms with van der Waals surface area (Å²) < 4.78 is 10.6. The normalized spacial score (nSPS) is 21.5. The third kappa shape index (κ3) is 3.87. The summed E-state index contributed by atoms with van der Waals surface area (Å²) in [6, 6.07) is 9.08. The summed E-state index contributed by atoms with van der Waals surface area (Å²) in [5.74, 6) is 0. The number of hydrogen-bond acceptors (Lipinski definition) is 4. The maximum atomic E-state index is 12.2. The molecule has 1 fully saturated rings. The summed E-state index contributed by atoms with van der Waals surface area (Å²) in [6.45, 7) is 0.738. The monoisotopic (exact) mass is 290 g/mol. The molecule has 1 aromatic rings. The molecule has 7 heteroatoms. The summed E-state index contributed by atoms with van der Waals surface area (Å²) in [7, 11) is 1.49. The molecule has 1 aliphatic rings. The smallest absolute Gasteiger partial charge is 0.412 e. The van der Waals surface area contributed by atoms with E-state index in [1.54, 1.807) is 0 Å². The minimum Gasteiger partial charge on any atom is -0.444 e. The first-order valence-electron chi connectivity index (χ1n) is 6.80. The fraction of sp³-hybridized carbons (Fsp3) is 0.500. The predicted molar refractivity (Wildman–Crippen MR) is 76.3 cm³/mol. The van der Waals surface area contributed by atoms with E-state index in [2.05, 4.69) is 10.0 Å². The van der Waals surface area contributed by atoms with Gasteiger partial charge in [0, 0.05) is 18.6 Å². The molecular weight excluding hydrogens is 272 g/mol. The van der Waals surface area contributed by atoms with Crippen LogP contribution in [0.1, 0.15) is 18.4 Å². The van der Waals surface area contributed by atoms with Crippen LogP contribution >= 0.6 is 0 Å². The molecule has 112 valence electrons. The molecule has 0 bridgehead atoms. The van der Waals surface area contributed by atoms with Crippen LogP contribution in [0.2, 0.25) is 0 Å². The molecule has 2 rings (SSSR count). The number of hydrogen-bond donors (Lipinski definition) is 0. The second-order valence-electron chi connectivity index (χ2n) is 4.77. The Morgan fingerprint density at radius 1 is 1.48 bits per heavy atom. The lowest BCUT2D eigenvalue weighted by atomic mass is 10.1. The Labute approximate surface area is 123 Å². The second kappa shape index (κ2) is 7.52. The van der Waals surface area contributed by atoms with Crippen LogP contribution in [-0.2, 0) is 16.1 Å². The van der Waals surface area contributed by atoms with Gasteiger partial charge in [-0.2, -0.15) is 0 Å². The van der Waals surface area contributed by atoms with Gasteiger partial charge in [0.25, 0.3) is 0 Å². The third-order valence-corrected chi connectivity index (χ3v) is 3.42. The van der Waals surface area contributed by atoms with Gasteiger partial charge in [0.2, 0.25) is 0 Å². The van der Waals surface area contributed by atoms with Gasteiger partial charge in [-0.1, -0.05) is 35.4 Å². The molecule has 1 amide bonds. The Hall–Kier alpha value is -2.24. The van der Waals surface area contributed by atoms with E-state index in [4.69, 9.17) is 15.0 Å². The highest BCUT2D eigenvalue weighted by Crippen LogP contribution is 2.22. The number of nitrogens with zero attached hydrogens (tertiary/aromatic N) is 4. The molecule has 21 heavy (non-hydrogen) atoms. The van der Waals surface area contributed by atoms with Crippen molar-refractivity contribution in [2.75, 3.05) is 13.7 Å². The van der Waals surface area contributed by atoms with Gasteiger partial charge in [-0.05, 0) is 23.9 Å². The average Bonchev–Trinajstić information content (AvgIpc) is 2.53. The van der Waals surface area contributed by atoms with E-state index in [-0.39, 0.29) is 12.6 Å². The van der Waals surface area contributed by atoms with Gasteiger partial charge < -0.3 is 9.47 Å².